The summed E-state index contributed by atoms with van der Waals surface area (Å²) in [6.45, 7) is 2.75. The molecule has 3 fully saturated rings. The van der Waals surface area contributed by atoms with Gasteiger partial charge >= 0.3 is 0 Å². The third-order valence-corrected chi connectivity index (χ3v) is 3.66. The number of nitrogens with one attached hydrogen (secondary N) is 2. The van der Waals surface area contributed by atoms with Crippen molar-refractivity contribution in [2.45, 2.75) is 12.8 Å². The van der Waals surface area contributed by atoms with Gasteiger partial charge in [-0.15, -0.1) is 0 Å². The van der Waals surface area contributed by atoms with Crippen molar-refractivity contribution < 1.29 is 4.79 Å². The Hall–Kier alpha value is -0.570. The number of hydrogen-bond donors (Lipinski definition) is 2. The summed E-state index contributed by atoms with van der Waals surface area (Å²) in [5.41, 5.74) is -0.00405. The van der Waals surface area contributed by atoms with Gasteiger partial charge in [0, 0.05) is 19.6 Å². The first kappa shape index (κ1) is 6.89. The van der Waals surface area contributed by atoms with Crippen LogP contribution in [0, 0.1) is 17.3 Å². The molecular formula is C9H14N2O. The fraction of sp³-hybridized carbons (Fsp3) is 0.889. The van der Waals surface area contributed by atoms with Gasteiger partial charge in [0.1, 0.15) is 0 Å². The maximum atomic E-state index is 11.6. The quantitative estimate of drug-likeness (QED) is 0.520. The Morgan fingerprint density at radius 3 is 2.83 bits per heavy atom. The summed E-state index contributed by atoms with van der Waals surface area (Å²) < 4.78 is 0. The summed E-state index contributed by atoms with van der Waals surface area (Å²) in [7, 11) is 0. The van der Waals surface area contributed by atoms with Crippen LogP contribution in [0.4, 0.5) is 0 Å². The summed E-state index contributed by atoms with van der Waals surface area (Å²) >= 11 is 0. The molecule has 2 heterocycles. The largest absolute Gasteiger partial charge is 0.355 e. The predicted octanol–water partition coefficient (Wildman–Crippen LogP) is -0.268. The minimum atomic E-state index is -0.00405. The molecule has 0 radical (unpaired) electrons. The van der Waals surface area contributed by atoms with Gasteiger partial charge in [0.25, 0.3) is 0 Å². The molecule has 3 rings (SSSR count). The fourth-order valence-electron chi connectivity index (χ4n) is 2.55. The van der Waals surface area contributed by atoms with Crippen LogP contribution in [0.25, 0.3) is 0 Å². The van der Waals surface area contributed by atoms with E-state index in [2.05, 4.69) is 10.6 Å². The normalized spacial score (nSPS) is 42.5. The molecule has 1 spiro atoms. The molecule has 0 aromatic heterocycles. The first-order valence-corrected chi connectivity index (χ1v) is 4.79. The van der Waals surface area contributed by atoms with Crippen molar-refractivity contribution in [1.82, 2.24) is 10.6 Å². The van der Waals surface area contributed by atoms with Gasteiger partial charge in [-0.25, -0.2) is 0 Å². The summed E-state index contributed by atoms with van der Waals surface area (Å²) in [5, 5.41) is 6.26. The van der Waals surface area contributed by atoms with Gasteiger partial charge in [-0.1, -0.05) is 0 Å². The molecule has 66 valence electrons. The third kappa shape index (κ3) is 0.774. The lowest BCUT2D eigenvalue weighted by atomic mass is 9.76. The molecule has 12 heavy (non-hydrogen) atoms. The SMILES string of the molecule is O=C1NC[C@H]2C[C@@H]2CC12CNC2. The summed E-state index contributed by atoms with van der Waals surface area (Å²) in [6.07, 6.45) is 2.48. The molecule has 1 saturated carbocycles. The Balaban J connectivity index is 1.84. The van der Waals surface area contributed by atoms with E-state index >= 15 is 0 Å². The number of rotatable bonds is 0. The van der Waals surface area contributed by atoms with Crippen LogP contribution in [-0.2, 0) is 4.79 Å². The maximum Gasteiger partial charge on any atom is 0.228 e. The maximum absolute atomic E-state index is 11.6. The fourth-order valence-corrected chi connectivity index (χ4v) is 2.55. The van der Waals surface area contributed by atoms with E-state index in [0.717, 1.165) is 37.9 Å². The van der Waals surface area contributed by atoms with E-state index in [1.54, 1.807) is 0 Å². The van der Waals surface area contributed by atoms with Crippen LogP contribution in [0.15, 0.2) is 0 Å². The van der Waals surface area contributed by atoms with Crippen molar-refractivity contribution in [3.63, 3.8) is 0 Å². The molecule has 0 aromatic carbocycles. The van der Waals surface area contributed by atoms with Crippen LogP contribution < -0.4 is 10.6 Å². The van der Waals surface area contributed by atoms with Gasteiger partial charge in [-0.3, -0.25) is 4.79 Å². The summed E-state index contributed by atoms with van der Waals surface area (Å²) in [4.78, 5) is 11.6. The topological polar surface area (TPSA) is 41.1 Å². The van der Waals surface area contributed by atoms with E-state index in [0.29, 0.717) is 5.91 Å². The van der Waals surface area contributed by atoms with Crippen LogP contribution in [0.1, 0.15) is 12.8 Å². The molecule has 3 aliphatic rings. The van der Waals surface area contributed by atoms with Crippen molar-refractivity contribution in [2.24, 2.45) is 17.3 Å². The van der Waals surface area contributed by atoms with E-state index < -0.39 is 0 Å². The van der Waals surface area contributed by atoms with Crippen LogP contribution in [0.5, 0.6) is 0 Å². The molecule has 0 aromatic rings. The standard InChI is InChI=1S/C9H14N2O/c12-8-9(4-10-5-9)2-6-1-7(6)3-11-8/h6-7,10H,1-5H2,(H,11,12)/t6-,7-/m1/s1. The van der Waals surface area contributed by atoms with Gasteiger partial charge in [0.05, 0.1) is 5.41 Å². The predicted molar refractivity (Wildman–Crippen MR) is 44.5 cm³/mol. The molecular weight excluding hydrogens is 152 g/mol. The minimum absolute atomic E-state index is 0.00405. The van der Waals surface area contributed by atoms with Crippen molar-refractivity contribution in [3.8, 4) is 0 Å². The Bertz CT molecular complexity index is 235. The number of carbonyl (C=O) groups excluding carboxylic acids is 1. The van der Waals surface area contributed by atoms with Gasteiger partial charge in [0.2, 0.25) is 5.91 Å². The molecule has 2 N–H and O–H groups in total. The molecule has 0 unspecified atom stereocenters. The van der Waals surface area contributed by atoms with E-state index in [-0.39, 0.29) is 5.41 Å². The zero-order chi connectivity index (χ0) is 8.18. The monoisotopic (exact) mass is 166 g/mol. The second-order valence-electron chi connectivity index (χ2n) is 4.55. The number of fused-ring (bicyclic) bond motifs is 1. The van der Waals surface area contributed by atoms with Crippen LogP contribution in [0.3, 0.4) is 0 Å². The van der Waals surface area contributed by atoms with Crippen molar-refractivity contribution in [3.05, 3.63) is 0 Å². The Labute approximate surface area is 71.9 Å². The van der Waals surface area contributed by atoms with Gasteiger partial charge in [-0.2, -0.15) is 0 Å². The minimum Gasteiger partial charge on any atom is -0.355 e. The summed E-state index contributed by atoms with van der Waals surface area (Å²) in [6, 6.07) is 0. The zero-order valence-electron chi connectivity index (χ0n) is 7.10. The van der Waals surface area contributed by atoms with Crippen LogP contribution in [0.2, 0.25) is 0 Å². The highest BCUT2D eigenvalue weighted by Gasteiger charge is 2.53. The van der Waals surface area contributed by atoms with Crippen molar-refractivity contribution in [1.29, 1.82) is 0 Å². The molecule has 0 bridgehead atoms. The second-order valence-corrected chi connectivity index (χ2v) is 4.55. The molecule has 1 amide bonds. The van der Waals surface area contributed by atoms with Crippen molar-refractivity contribution in [2.75, 3.05) is 19.6 Å². The lowest BCUT2D eigenvalue weighted by molar-refractivity contribution is -0.134. The highest BCUT2D eigenvalue weighted by Crippen LogP contribution is 2.49. The van der Waals surface area contributed by atoms with Crippen LogP contribution in [-0.4, -0.2) is 25.5 Å². The Kier molecular flexibility index (Phi) is 1.16. The zero-order valence-corrected chi connectivity index (χ0v) is 7.10. The van der Waals surface area contributed by atoms with E-state index in [1.807, 2.05) is 0 Å². The van der Waals surface area contributed by atoms with Gasteiger partial charge in [-0.05, 0) is 24.7 Å². The molecule has 3 heteroatoms. The average molecular weight is 166 g/mol. The van der Waals surface area contributed by atoms with E-state index in [9.17, 15) is 4.79 Å². The van der Waals surface area contributed by atoms with Crippen molar-refractivity contribution >= 4 is 5.91 Å². The molecule has 2 atom stereocenters. The number of carbonyl (C=O) groups is 1. The van der Waals surface area contributed by atoms with Gasteiger partial charge in [0.15, 0.2) is 0 Å². The first-order chi connectivity index (χ1) is 5.80. The highest BCUT2D eigenvalue weighted by atomic mass is 16.2. The number of amides is 1. The molecule has 1 aliphatic carbocycles. The van der Waals surface area contributed by atoms with Gasteiger partial charge < -0.3 is 10.6 Å². The highest BCUT2D eigenvalue weighted by molar-refractivity contribution is 5.84. The first-order valence-electron chi connectivity index (χ1n) is 4.79. The molecule has 3 nitrogen and oxygen atoms in total. The smallest absolute Gasteiger partial charge is 0.228 e. The third-order valence-electron chi connectivity index (χ3n) is 3.66. The van der Waals surface area contributed by atoms with E-state index in [1.165, 1.54) is 6.42 Å². The number of hydrogen-bond acceptors (Lipinski definition) is 2. The molecule has 2 aliphatic heterocycles. The lowest BCUT2D eigenvalue weighted by Crippen LogP contribution is -2.61. The molecule has 2 saturated heterocycles. The Morgan fingerprint density at radius 1 is 1.33 bits per heavy atom. The van der Waals surface area contributed by atoms with E-state index in [4.69, 9.17) is 0 Å². The van der Waals surface area contributed by atoms with Crippen LogP contribution >= 0.6 is 0 Å². The lowest BCUT2D eigenvalue weighted by Gasteiger charge is -2.40. The Morgan fingerprint density at radius 2 is 2.17 bits per heavy atom. The average Bonchev–Trinajstić information content (AvgIpc) is 2.69. The second kappa shape index (κ2) is 2.02. The summed E-state index contributed by atoms with van der Waals surface area (Å²) in [5.74, 6) is 1.97.